The van der Waals surface area contributed by atoms with E-state index in [0.717, 1.165) is 52.4 Å². The molecule has 0 rings (SSSR count). The van der Waals surface area contributed by atoms with Crippen molar-refractivity contribution in [3.05, 3.63) is 0 Å². The molecular weight excluding hydrogens is 324 g/mol. The molecule has 0 aromatic rings. The lowest BCUT2D eigenvalue weighted by molar-refractivity contribution is -0.143. The molecular formula is C17H38N2O4Si. The molecule has 0 spiro atoms. The van der Waals surface area contributed by atoms with Gasteiger partial charge in [-0.1, -0.05) is 19.6 Å². The molecule has 6 nitrogen and oxygen atoms in total. The lowest BCUT2D eigenvalue weighted by atomic mass is 10.3. The van der Waals surface area contributed by atoms with E-state index in [1.807, 2.05) is 6.92 Å². The van der Waals surface area contributed by atoms with E-state index in [-0.39, 0.29) is 5.97 Å². The maximum atomic E-state index is 11.6. The van der Waals surface area contributed by atoms with Crippen molar-refractivity contribution in [1.29, 1.82) is 0 Å². The fourth-order valence-corrected chi connectivity index (χ4v) is 4.11. The Labute approximate surface area is 149 Å². The summed E-state index contributed by atoms with van der Waals surface area (Å²) in [7, 11) is 2.02. The SMILES string of the molecule is CCOC(=O)CCN(CCCN(CCOC)CCOC)[Si](C)(C)C. The van der Waals surface area contributed by atoms with Crippen LogP contribution in [0.2, 0.25) is 19.6 Å². The van der Waals surface area contributed by atoms with Crippen LogP contribution in [0.1, 0.15) is 19.8 Å². The van der Waals surface area contributed by atoms with Gasteiger partial charge >= 0.3 is 5.97 Å². The number of rotatable bonds is 15. The molecule has 0 N–H and O–H groups in total. The minimum atomic E-state index is -1.44. The largest absolute Gasteiger partial charge is 0.466 e. The molecule has 0 radical (unpaired) electrons. The number of ether oxygens (including phenoxy) is 3. The molecule has 0 heterocycles. The first-order valence-electron chi connectivity index (χ1n) is 8.96. The highest BCUT2D eigenvalue weighted by Crippen LogP contribution is 2.11. The molecule has 0 saturated heterocycles. The first kappa shape index (κ1) is 23.5. The van der Waals surface area contributed by atoms with Crippen molar-refractivity contribution in [2.75, 3.05) is 66.8 Å². The van der Waals surface area contributed by atoms with Crippen molar-refractivity contribution in [3.63, 3.8) is 0 Å². The fourth-order valence-electron chi connectivity index (χ4n) is 2.50. The van der Waals surface area contributed by atoms with Crippen LogP contribution in [0.4, 0.5) is 0 Å². The Morgan fingerprint density at radius 3 is 1.96 bits per heavy atom. The van der Waals surface area contributed by atoms with Crippen LogP contribution >= 0.6 is 0 Å². The van der Waals surface area contributed by atoms with Gasteiger partial charge in [0.05, 0.1) is 26.2 Å². The molecule has 7 heteroatoms. The highest BCUT2D eigenvalue weighted by Gasteiger charge is 2.24. The van der Waals surface area contributed by atoms with Gasteiger partial charge in [0, 0.05) is 33.9 Å². The standard InChI is InChI=1S/C17H38N2O4Si/c1-7-23-17(20)9-12-19(24(4,5)6)11-8-10-18(13-15-21-2)14-16-22-3/h7-16H2,1-6H3. The van der Waals surface area contributed by atoms with Crippen LogP contribution in [0.5, 0.6) is 0 Å². The van der Waals surface area contributed by atoms with Crippen LogP contribution in [0.25, 0.3) is 0 Å². The van der Waals surface area contributed by atoms with Gasteiger partial charge in [-0.05, 0) is 26.4 Å². The van der Waals surface area contributed by atoms with Crippen molar-refractivity contribution in [2.24, 2.45) is 0 Å². The molecule has 0 amide bonds. The summed E-state index contributed by atoms with van der Waals surface area (Å²) in [5.41, 5.74) is 0. The van der Waals surface area contributed by atoms with E-state index in [1.54, 1.807) is 14.2 Å². The maximum Gasteiger partial charge on any atom is 0.307 e. The van der Waals surface area contributed by atoms with E-state index in [2.05, 4.69) is 29.1 Å². The molecule has 0 aliphatic carbocycles. The number of methoxy groups -OCH3 is 2. The van der Waals surface area contributed by atoms with Gasteiger partial charge < -0.3 is 18.8 Å². The van der Waals surface area contributed by atoms with E-state index in [1.165, 1.54) is 0 Å². The second kappa shape index (κ2) is 13.8. The Balaban J connectivity index is 4.34. The molecule has 0 saturated carbocycles. The first-order chi connectivity index (χ1) is 11.3. The normalized spacial score (nSPS) is 12.2. The van der Waals surface area contributed by atoms with Crippen molar-refractivity contribution >= 4 is 14.2 Å². The second-order valence-corrected chi connectivity index (χ2v) is 11.9. The van der Waals surface area contributed by atoms with Gasteiger partial charge in [0.1, 0.15) is 8.24 Å². The molecule has 144 valence electrons. The van der Waals surface area contributed by atoms with Gasteiger partial charge in [0.25, 0.3) is 0 Å². The average Bonchev–Trinajstić information content (AvgIpc) is 2.51. The summed E-state index contributed by atoms with van der Waals surface area (Å²) < 4.78 is 17.9. The summed E-state index contributed by atoms with van der Waals surface area (Å²) >= 11 is 0. The van der Waals surface area contributed by atoms with Crippen LogP contribution < -0.4 is 0 Å². The molecule has 24 heavy (non-hydrogen) atoms. The molecule has 0 aliphatic rings. The predicted molar refractivity (Wildman–Crippen MR) is 101 cm³/mol. The van der Waals surface area contributed by atoms with Gasteiger partial charge in [-0.3, -0.25) is 9.69 Å². The fraction of sp³-hybridized carbons (Fsp3) is 0.941. The maximum absolute atomic E-state index is 11.6. The Hall–Kier alpha value is -0.473. The Morgan fingerprint density at radius 2 is 1.50 bits per heavy atom. The third kappa shape index (κ3) is 12.0. The summed E-state index contributed by atoms with van der Waals surface area (Å²) in [6.07, 6.45) is 1.57. The van der Waals surface area contributed by atoms with Gasteiger partial charge in [-0.15, -0.1) is 0 Å². The number of hydrogen-bond donors (Lipinski definition) is 0. The summed E-state index contributed by atoms with van der Waals surface area (Å²) in [6.45, 7) is 15.5. The minimum absolute atomic E-state index is 0.0948. The highest BCUT2D eigenvalue weighted by molar-refractivity contribution is 6.73. The Morgan fingerprint density at radius 1 is 0.917 bits per heavy atom. The van der Waals surface area contributed by atoms with Crippen LogP contribution in [0.15, 0.2) is 0 Å². The van der Waals surface area contributed by atoms with Crippen molar-refractivity contribution in [3.8, 4) is 0 Å². The van der Waals surface area contributed by atoms with E-state index in [0.29, 0.717) is 13.0 Å². The zero-order valence-corrected chi connectivity index (χ0v) is 17.6. The van der Waals surface area contributed by atoms with Crippen LogP contribution in [0.3, 0.4) is 0 Å². The minimum Gasteiger partial charge on any atom is -0.466 e. The van der Waals surface area contributed by atoms with E-state index in [9.17, 15) is 4.79 Å². The smallest absolute Gasteiger partial charge is 0.307 e. The van der Waals surface area contributed by atoms with Gasteiger partial charge in [0.15, 0.2) is 0 Å². The van der Waals surface area contributed by atoms with E-state index < -0.39 is 8.24 Å². The average molecular weight is 363 g/mol. The Kier molecular flexibility index (Phi) is 13.5. The number of carbonyl (C=O) groups is 1. The zero-order valence-electron chi connectivity index (χ0n) is 16.6. The molecule has 0 aromatic heterocycles. The number of hydrogen-bond acceptors (Lipinski definition) is 6. The lowest BCUT2D eigenvalue weighted by Crippen LogP contribution is -2.48. The third-order valence-electron chi connectivity index (χ3n) is 3.97. The van der Waals surface area contributed by atoms with Crippen LogP contribution in [0, 0.1) is 0 Å². The topological polar surface area (TPSA) is 51.2 Å². The van der Waals surface area contributed by atoms with Crippen molar-refractivity contribution < 1.29 is 19.0 Å². The number of esters is 1. The van der Waals surface area contributed by atoms with Crippen LogP contribution in [-0.2, 0) is 19.0 Å². The third-order valence-corrected chi connectivity index (χ3v) is 6.31. The molecule has 0 unspecified atom stereocenters. The van der Waals surface area contributed by atoms with Crippen LogP contribution in [-0.4, -0.2) is 90.4 Å². The quantitative estimate of drug-likeness (QED) is 0.328. The molecule has 0 aliphatic heterocycles. The number of nitrogens with zero attached hydrogens (tertiary/aromatic N) is 2. The van der Waals surface area contributed by atoms with Crippen molar-refractivity contribution in [1.82, 2.24) is 9.47 Å². The molecule has 0 atom stereocenters. The summed E-state index contributed by atoms with van der Waals surface area (Å²) in [4.78, 5) is 14.0. The summed E-state index contributed by atoms with van der Waals surface area (Å²) in [5.74, 6) is -0.0948. The predicted octanol–water partition coefficient (Wildman–Crippen LogP) is 2.06. The lowest BCUT2D eigenvalue weighted by Gasteiger charge is -2.34. The van der Waals surface area contributed by atoms with Crippen molar-refractivity contribution in [2.45, 2.75) is 39.4 Å². The monoisotopic (exact) mass is 362 g/mol. The molecule has 0 aromatic carbocycles. The van der Waals surface area contributed by atoms with E-state index >= 15 is 0 Å². The summed E-state index contributed by atoms with van der Waals surface area (Å²) in [5, 5.41) is 0. The highest BCUT2D eigenvalue weighted by atomic mass is 28.3. The van der Waals surface area contributed by atoms with Gasteiger partial charge in [-0.2, -0.15) is 0 Å². The first-order valence-corrected chi connectivity index (χ1v) is 12.4. The Bertz CT molecular complexity index is 316. The molecule has 0 bridgehead atoms. The van der Waals surface area contributed by atoms with Gasteiger partial charge in [-0.25, -0.2) is 0 Å². The number of carbonyl (C=O) groups excluding carboxylic acids is 1. The second-order valence-electron chi connectivity index (χ2n) is 6.89. The molecule has 0 fully saturated rings. The zero-order chi connectivity index (χ0) is 18.4. The van der Waals surface area contributed by atoms with E-state index in [4.69, 9.17) is 14.2 Å². The summed E-state index contributed by atoms with van der Waals surface area (Å²) in [6, 6.07) is 0. The van der Waals surface area contributed by atoms with Gasteiger partial charge in [0.2, 0.25) is 0 Å².